The first-order valence-electron chi connectivity index (χ1n) is 6.14. The van der Waals surface area contributed by atoms with E-state index in [1.54, 1.807) is 12.1 Å². The lowest BCUT2D eigenvalue weighted by atomic mass is 10.1. The van der Waals surface area contributed by atoms with Crippen molar-refractivity contribution >= 4 is 11.8 Å². The highest BCUT2D eigenvalue weighted by atomic mass is 16.3. The highest BCUT2D eigenvalue weighted by Crippen LogP contribution is 2.46. The molecule has 1 aromatic carbocycles. The number of carbonyl (C=O) groups excluding carboxylic acids is 2. The molecule has 0 atom stereocenters. The minimum absolute atomic E-state index is 0.0411. The van der Waals surface area contributed by atoms with Crippen molar-refractivity contribution in [3.8, 4) is 0 Å². The molecule has 1 aromatic rings. The number of hydrogen-bond donors (Lipinski definition) is 1. The van der Waals surface area contributed by atoms with Gasteiger partial charge in [0.25, 0.3) is 11.8 Å². The van der Waals surface area contributed by atoms with E-state index < -0.39 is 0 Å². The van der Waals surface area contributed by atoms with Gasteiger partial charge in [0.15, 0.2) is 0 Å². The van der Waals surface area contributed by atoms with Crippen molar-refractivity contribution < 1.29 is 14.7 Å². The van der Waals surface area contributed by atoms with Crippen molar-refractivity contribution in [2.24, 2.45) is 5.41 Å². The van der Waals surface area contributed by atoms with E-state index in [2.05, 4.69) is 0 Å². The number of imide groups is 1. The third kappa shape index (κ3) is 1.56. The number of aliphatic hydroxyl groups excluding tert-OH is 1. The fraction of sp³-hybridized carbons (Fsp3) is 0.429. The summed E-state index contributed by atoms with van der Waals surface area (Å²) < 4.78 is 0. The van der Waals surface area contributed by atoms with Crippen molar-refractivity contribution in [3.63, 3.8) is 0 Å². The van der Waals surface area contributed by atoms with E-state index >= 15 is 0 Å². The van der Waals surface area contributed by atoms with Gasteiger partial charge >= 0.3 is 0 Å². The van der Waals surface area contributed by atoms with Crippen molar-refractivity contribution in [3.05, 3.63) is 34.9 Å². The molecule has 0 bridgehead atoms. The molecule has 4 nitrogen and oxygen atoms in total. The van der Waals surface area contributed by atoms with Crippen LogP contribution in [0.4, 0.5) is 0 Å². The van der Waals surface area contributed by atoms with Crippen molar-refractivity contribution in [2.75, 3.05) is 13.2 Å². The van der Waals surface area contributed by atoms with Crippen LogP contribution in [0.5, 0.6) is 0 Å². The minimum Gasteiger partial charge on any atom is -0.396 e. The van der Waals surface area contributed by atoms with Crippen LogP contribution < -0.4 is 0 Å². The number of fused-ring (bicyclic) bond motifs is 1. The van der Waals surface area contributed by atoms with Crippen molar-refractivity contribution in [1.29, 1.82) is 0 Å². The third-order valence-electron chi connectivity index (χ3n) is 3.91. The lowest BCUT2D eigenvalue weighted by molar-refractivity contribution is 0.0591. The van der Waals surface area contributed by atoms with Crippen LogP contribution >= 0.6 is 0 Å². The number of hydrogen-bond acceptors (Lipinski definition) is 3. The largest absolute Gasteiger partial charge is 0.396 e. The summed E-state index contributed by atoms with van der Waals surface area (Å²) in [5.41, 5.74) is 1.72. The van der Waals surface area contributed by atoms with E-state index in [9.17, 15) is 14.7 Å². The number of rotatable bonds is 3. The van der Waals surface area contributed by atoms with Gasteiger partial charge in [-0.15, -0.1) is 0 Å². The molecule has 3 rings (SSSR count). The molecule has 1 fully saturated rings. The maximum atomic E-state index is 12.2. The molecule has 0 spiro atoms. The number of aryl methyl sites for hydroxylation is 1. The van der Waals surface area contributed by atoms with Gasteiger partial charge in [-0.05, 0) is 31.9 Å². The van der Waals surface area contributed by atoms with Crippen LogP contribution in [0.25, 0.3) is 0 Å². The molecular weight excluding hydrogens is 230 g/mol. The first kappa shape index (κ1) is 11.4. The normalized spacial score (nSPS) is 20.2. The van der Waals surface area contributed by atoms with Gasteiger partial charge in [0.1, 0.15) is 0 Å². The van der Waals surface area contributed by atoms with Gasteiger partial charge in [-0.2, -0.15) is 0 Å². The fourth-order valence-electron chi connectivity index (χ4n) is 2.43. The summed E-state index contributed by atoms with van der Waals surface area (Å²) >= 11 is 0. The van der Waals surface area contributed by atoms with Crippen LogP contribution in [-0.4, -0.2) is 35.0 Å². The fourth-order valence-corrected chi connectivity index (χ4v) is 2.43. The lowest BCUT2D eigenvalue weighted by Gasteiger charge is -2.19. The Hall–Kier alpha value is -1.68. The van der Waals surface area contributed by atoms with Gasteiger partial charge in [-0.25, -0.2) is 0 Å². The van der Waals surface area contributed by atoms with Crippen LogP contribution in [0, 0.1) is 12.3 Å². The Morgan fingerprint density at radius 1 is 1.22 bits per heavy atom. The molecule has 1 aliphatic heterocycles. The molecule has 0 saturated heterocycles. The number of carbonyl (C=O) groups is 2. The molecule has 2 amide bonds. The van der Waals surface area contributed by atoms with Crippen LogP contribution in [0.1, 0.15) is 39.1 Å². The second kappa shape index (κ2) is 3.65. The molecule has 4 heteroatoms. The van der Waals surface area contributed by atoms with E-state index in [1.807, 2.05) is 13.0 Å². The van der Waals surface area contributed by atoms with Gasteiger partial charge in [-0.1, -0.05) is 11.6 Å². The third-order valence-corrected chi connectivity index (χ3v) is 3.91. The molecule has 94 valence electrons. The summed E-state index contributed by atoms with van der Waals surface area (Å²) in [5, 5.41) is 9.30. The quantitative estimate of drug-likeness (QED) is 0.818. The minimum atomic E-state index is -0.234. The maximum Gasteiger partial charge on any atom is 0.261 e. The summed E-state index contributed by atoms with van der Waals surface area (Å²) in [6.45, 7) is 2.28. The molecule has 1 N–H and O–H groups in total. The van der Waals surface area contributed by atoms with E-state index in [-0.39, 0.29) is 23.8 Å². The number of benzene rings is 1. The molecular formula is C14H15NO3. The van der Waals surface area contributed by atoms with Gasteiger partial charge in [-0.3, -0.25) is 14.5 Å². The SMILES string of the molecule is Cc1ccc2c(c1)C(=O)N(CC1(CO)CC1)C2=O. The van der Waals surface area contributed by atoms with Gasteiger partial charge < -0.3 is 5.11 Å². The average Bonchev–Trinajstić information content (AvgIpc) is 3.10. The zero-order chi connectivity index (χ0) is 12.9. The van der Waals surface area contributed by atoms with E-state index in [1.165, 1.54) is 4.90 Å². The van der Waals surface area contributed by atoms with Gasteiger partial charge in [0, 0.05) is 12.0 Å². The van der Waals surface area contributed by atoms with Gasteiger partial charge in [0.05, 0.1) is 17.7 Å². The second-order valence-corrected chi connectivity index (χ2v) is 5.40. The Morgan fingerprint density at radius 2 is 1.89 bits per heavy atom. The highest BCUT2D eigenvalue weighted by Gasteiger charge is 2.48. The number of amides is 2. The van der Waals surface area contributed by atoms with Crippen LogP contribution in [0.15, 0.2) is 18.2 Å². The second-order valence-electron chi connectivity index (χ2n) is 5.40. The molecule has 0 radical (unpaired) electrons. The van der Waals surface area contributed by atoms with Crippen molar-refractivity contribution in [2.45, 2.75) is 19.8 Å². The number of aliphatic hydroxyl groups is 1. The van der Waals surface area contributed by atoms with Crippen LogP contribution in [-0.2, 0) is 0 Å². The predicted octanol–water partition coefficient (Wildman–Crippen LogP) is 1.36. The van der Waals surface area contributed by atoms with Crippen LogP contribution in [0.2, 0.25) is 0 Å². The topological polar surface area (TPSA) is 57.6 Å². The Bertz CT molecular complexity index is 546. The van der Waals surface area contributed by atoms with E-state index in [0.717, 1.165) is 18.4 Å². The predicted molar refractivity (Wildman–Crippen MR) is 65.3 cm³/mol. The number of nitrogens with zero attached hydrogens (tertiary/aromatic N) is 1. The Balaban J connectivity index is 1.92. The summed E-state index contributed by atoms with van der Waals surface area (Å²) in [5.74, 6) is -0.451. The first-order chi connectivity index (χ1) is 8.56. The smallest absolute Gasteiger partial charge is 0.261 e. The zero-order valence-electron chi connectivity index (χ0n) is 10.3. The summed E-state index contributed by atoms with van der Waals surface area (Å²) in [4.78, 5) is 25.7. The maximum absolute atomic E-state index is 12.2. The zero-order valence-corrected chi connectivity index (χ0v) is 10.3. The molecule has 0 unspecified atom stereocenters. The van der Waals surface area contributed by atoms with Crippen molar-refractivity contribution in [1.82, 2.24) is 4.90 Å². The molecule has 1 saturated carbocycles. The average molecular weight is 245 g/mol. The molecule has 0 aromatic heterocycles. The molecule has 1 aliphatic carbocycles. The van der Waals surface area contributed by atoms with E-state index in [4.69, 9.17) is 0 Å². The Kier molecular flexibility index (Phi) is 2.32. The Labute approximate surface area is 105 Å². The lowest BCUT2D eigenvalue weighted by Crippen LogP contribution is -2.36. The van der Waals surface area contributed by atoms with E-state index in [0.29, 0.717) is 17.7 Å². The first-order valence-corrected chi connectivity index (χ1v) is 6.14. The molecule has 1 heterocycles. The monoisotopic (exact) mass is 245 g/mol. The summed E-state index contributed by atoms with van der Waals surface area (Å²) in [6, 6.07) is 5.31. The Morgan fingerprint density at radius 3 is 2.50 bits per heavy atom. The standard InChI is InChI=1S/C14H15NO3/c1-9-2-3-10-11(6-9)13(18)15(12(10)17)7-14(8-16)4-5-14/h2-3,6,16H,4-5,7-8H2,1H3. The molecule has 2 aliphatic rings. The highest BCUT2D eigenvalue weighted by molar-refractivity contribution is 6.21. The molecule has 18 heavy (non-hydrogen) atoms. The summed E-state index contributed by atoms with van der Waals surface area (Å²) in [6.07, 6.45) is 1.77. The van der Waals surface area contributed by atoms with Crippen LogP contribution in [0.3, 0.4) is 0 Å². The van der Waals surface area contributed by atoms with Gasteiger partial charge in [0.2, 0.25) is 0 Å². The summed E-state index contributed by atoms with van der Waals surface area (Å²) in [7, 11) is 0.